The Labute approximate surface area is 184 Å². The van der Waals surface area contributed by atoms with E-state index in [9.17, 15) is 9.90 Å². The molecule has 3 aromatic heterocycles. The third-order valence-corrected chi connectivity index (χ3v) is 5.54. The Kier molecular flexibility index (Phi) is 5.53. The minimum absolute atomic E-state index is 0.117. The van der Waals surface area contributed by atoms with Crippen LogP contribution in [0.3, 0.4) is 0 Å². The highest BCUT2D eigenvalue weighted by Gasteiger charge is 2.13. The number of nitrogens with zero attached hydrogens (tertiary/aromatic N) is 3. The smallest absolute Gasteiger partial charge is 0.259 e. The summed E-state index contributed by atoms with van der Waals surface area (Å²) in [6, 6.07) is 15.4. The van der Waals surface area contributed by atoms with Gasteiger partial charge in [0.15, 0.2) is 0 Å². The minimum Gasteiger partial charge on any atom is -0.390 e. The van der Waals surface area contributed by atoms with E-state index in [1.165, 1.54) is 0 Å². The molecule has 0 bridgehead atoms. The monoisotopic (exact) mass is 429 g/mol. The molecule has 8 heteroatoms. The van der Waals surface area contributed by atoms with Gasteiger partial charge in [-0.1, -0.05) is 0 Å². The predicted molar refractivity (Wildman–Crippen MR) is 124 cm³/mol. The summed E-state index contributed by atoms with van der Waals surface area (Å²) in [5.74, 6) is 0.477. The van der Waals surface area contributed by atoms with Crippen LogP contribution in [-0.2, 0) is 11.3 Å². The number of rotatable bonds is 5. The van der Waals surface area contributed by atoms with Gasteiger partial charge in [-0.25, -0.2) is 4.98 Å². The largest absolute Gasteiger partial charge is 0.390 e. The van der Waals surface area contributed by atoms with Crippen LogP contribution >= 0.6 is 0 Å². The van der Waals surface area contributed by atoms with Crippen molar-refractivity contribution in [1.29, 1.82) is 0 Å². The summed E-state index contributed by atoms with van der Waals surface area (Å²) in [5, 5.41) is 13.8. The standard InChI is InChI=1S/C24H23N5O3/c30-15-19-2-1-17(14-26-19)21-13-16-7-8-25-24(31)22(16)23(28-21)27-18-3-5-20(6-4-18)29-9-11-32-12-10-29/h1-8,13-14,30H,9-12,15H2,(H,25,31)(H,27,28). The molecule has 1 aliphatic rings. The van der Waals surface area contributed by atoms with Crippen molar-refractivity contribution >= 4 is 28.0 Å². The summed E-state index contributed by atoms with van der Waals surface area (Å²) < 4.78 is 5.42. The number of H-pyrrole nitrogens is 1. The molecule has 0 saturated carbocycles. The van der Waals surface area contributed by atoms with Crippen LogP contribution in [0.2, 0.25) is 0 Å². The van der Waals surface area contributed by atoms with Crippen molar-refractivity contribution in [3.8, 4) is 11.3 Å². The van der Waals surface area contributed by atoms with Gasteiger partial charge in [0, 0.05) is 42.4 Å². The van der Waals surface area contributed by atoms with Crippen molar-refractivity contribution in [3.63, 3.8) is 0 Å². The number of ether oxygens (including phenoxy) is 1. The lowest BCUT2D eigenvalue weighted by Gasteiger charge is -2.28. The van der Waals surface area contributed by atoms with E-state index in [1.807, 2.05) is 30.3 Å². The topological polar surface area (TPSA) is 103 Å². The van der Waals surface area contributed by atoms with Gasteiger partial charge in [-0.15, -0.1) is 0 Å². The summed E-state index contributed by atoms with van der Waals surface area (Å²) in [6.45, 7) is 3.10. The SMILES string of the molecule is O=c1[nH]ccc2cc(-c3ccc(CO)nc3)nc(Nc3ccc(N4CCOCC4)cc3)c12. The molecule has 0 spiro atoms. The number of aromatic amines is 1. The van der Waals surface area contributed by atoms with E-state index >= 15 is 0 Å². The maximum atomic E-state index is 12.6. The van der Waals surface area contributed by atoms with E-state index in [-0.39, 0.29) is 12.2 Å². The second-order valence-corrected chi connectivity index (χ2v) is 7.59. The van der Waals surface area contributed by atoms with Crippen LogP contribution in [0.15, 0.2) is 65.7 Å². The molecule has 1 fully saturated rings. The third-order valence-electron chi connectivity index (χ3n) is 5.54. The number of aromatic nitrogens is 3. The number of pyridine rings is 3. The Morgan fingerprint density at radius 2 is 1.91 bits per heavy atom. The van der Waals surface area contributed by atoms with Crippen molar-refractivity contribution in [3.05, 3.63) is 77.0 Å². The zero-order chi connectivity index (χ0) is 21.9. The first-order valence-corrected chi connectivity index (χ1v) is 10.5. The van der Waals surface area contributed by atoms with Crippen molar-refractivity contribution < 1.29 is 9.84 Å². The van der Waals surface area contributed by atoms with Gasteiger partial charge in [-0.2, -0.15) is 0 Å². The number of fused-ring (bicyclic) bond motifs is 1. The molecule has 1 saturated heterocycles. The summed E-state index contributed by atoms with van der Waals surface area (Å²) in [4.78, 5) is 26.6. The Bertz CT molecular complexity index is 1280. The minimum atomic E-state index is -0.206. The highest BCUT2D eigenvalue weighted by atomic mass is 16.5. The quantitative estimate of drug-likeness (QED) is 0.448. The van der Waals surface area contributed by atoms with Crippen molar-refractivity contribution in [2.24, 2.45) is 0 Å². The van der Waals surface area contributed by atoms with Gasteiger partial charge in [-0.3, -0.25) is 9.78 Å². The molecule has 0 aliphatic carbocycles. The van der Waals surface area contributed by atoms with E-state index in [0.717, 1.165) is 48.6 Å². The number of hydrogen-bond acceptors (Lipinski definition) is 7. The summed E-state index contributed by atoms with van der Waals surface area (Å²) in [6.07, 6.45) is 3.30. The normalized spacial score (nSPS) is 14.0. The Hall–Kier alpha value is -3.75. The van der Waals surface area contributed by atoms with Gasteiger partial charge in [0.05, 0.1) is 36.6 Å². The molecule has 0 radical (unpaired) electrons. The average molecular weight is 429 g/mol. The molecule has 4 heterocycles. The number of hydrogen-bond donors (Lipinski definition) is 3. The van der Waals surface area contributed by atoms with Gasteiger partial charge < -0.3 is 25.0 Å². The van der Waals surface area contributed by atoms with Crippen molar-refractivity contribution in [2.75, 3.05) is 36.5 Å². The summed E-state index contributed by atoms with van der Waals surface area (Å²) in [7, 11) is 0. The number of aliphatic hydroxyl groups is 1. The van der Waals surface area contributed by atoms with Crippen molar-refractivity contribution in [2.45, 2.75) is 6.61 Å². The highest BCUT2D eigenvalue weighted by Crippen LogP contribution is 2.28. The van der Waals surface area contributed by atoms with Gasteiger partial charge in [0.25, 0.3) is 5.56 Å². The molecule has 8 nitrogen and oxygen atoms in total. The Morgan fingerprint density at radius 1 is 1.09 bits per heavy atom. The molecule has 0 unspecified atom stereocenters. The van der Waals surface area contributed by atoms with Crippen LogP contribution in [-0.4, -0.2) is 46.4 Å². The summed E-state index contributed by atoms with van der Waals surface area (Å²) >= 11 is 0. The molecular weight excluding hydrogens is 406 g/mol. The molecule has 0 atom stereocenters. The average Bonchev–Trinajstić information content (AvgIpc) is 2.85. The van der Waals surface area contributed by atoms with Crippen LogP contribution in [0.4, 0.5) is 17.2 Å². The zero-order valence-electron chi connectivity index (χ0n) is 17.4. The lowest BCUT2D eigenvalue weighted by atomic mass is 10.1. The number of nitrogens with one attached hydrogen (secondary N) is 2. The van der Waals surface area contributed by atoms with Crippen LogP contribution in [0.1, 0.15) is 5.69 Å². The van der Waals surface area contributed by atoms with E-state index in [0.29, 0.717) is 22.6 Å². The lowest BCUT2D eigenvalue weighted by Crippen LogP contribution is -2.36. The van der Waals surface area contributed by atoms with Crippen LogP contribution in [0.25, 0.3) is 22.0 Å². The fourth-order valence-corrected chi connectivity index (χ4v) is 3.84. The zero-order valence-corrected chi connectivity index (χ0v) is 17.4. The van der Waals surface area contributed by atoms with E-state index in [2.05, 4.69) is 32.3 Å². The van der Waals surface area contributed by atoms with Gasteiger partial charge in [0.2, 0.25) is 0 Å². The van der Waals surface area contributed by atoms with Crippen LogP contribution in [0.5, 0.6) is 0 Å². The van der Waals surface area contributed by atoms with Gasteiger partial charge in [-0.05, 0) is 53.9 Å². The highest BCUT2D eigenvalue weighted by molar-refractivity contribution is 5.95. The lowest BCUT2D eigenvalue weighted by molar-refractivity contribution is 0.122. The number of anilines is 3. The van der Waals surface area contributed by atoms with Crippen molar-refractivity contribution in [1.82, 2.24) is 15.0 Å². The Balaban J connectivity index is 1.51. The molecule has 1 aliphatic heterocycles. The number of aliphatic hydroxyl groups excluding tert-OH is 1. The van der Waals surface area contributed by atoms with E-state index in [1.54, 1.807) is 18.5 Å². The molecule has 3 N–H and O–H groups in total. The first kappa shape index (κ1) is 20.2. The molecule has 0 amide bonds. The Morgan fingerprint density at radius 3 is 2.62 bits per heavy atom. The second-order valence-electron chi connectivity index (χ2n) is 7.59. The molecule has 5 rings (SSSR count). The maximum absolute atomic E-state index is 12.6. The second kappa shape index (κ2) is 8.78. The molecular formula is C24H23N5O3. The fraction of sp³-hybridized carbons (Fsp3) is 0.208. The van der Waals surface area contributed by atoms with E-state index < -0.39 is 0 Å². The molecule has 162 valence electrons. The summed E-state index contributed by atoms with van der Waals surface area (Å²) in [5.41, 5.74) is 3.85. The first-order valence-electron chi connectivity index (χ1n) is 10.5. The molecule has 32 heavy (non-hydrogen) atoms. The number of benzene rings is 1. The van der Waals surface area contributed by atoms with Crippen LogP contribution < -0.4 is 15.8 Å². The van der Waals surface area contributed by atoms with Gasteiger partial charge in [0.1, 0.15) is 5.82 Å². The third kappa shape index (κ3) is 4.05. The molecule has 1 aromatic carbocycles. The fourth-order valence-electron chi connectivity index (χ4n) is 3.84. The number of morpholine rings is 1. The predicted octanol–water partition coefficient (Wildman–Crippen LogP) is 3.06. The van der Waals surface area contributed by atoms with Crippen LogP contribution in [0, 0.1) is 0 Å². The van der Waals surface area contributed by atoms with Gasteiger partial charge >= 0.3 is 0 Å². The maximum Gasteiger partial charge on any atom is 0.259 e. The molecule has 4 aromatic rings. The first-order chi connectivity index (χ1) is 15.7. The van der Waals surface area contributed by atoms with E-state index in [4.69, 9.17) is 9.72 Å².